The Hall–Kier alpha value is -0.890. The molecule has 2 nitrogen and oxygen atoms in total. The maximum absolute atomic E-state index is 6.37. The molecule has 0 amide bonds. The Balaban J connectivity index is 2.58. The second-order valence-corrected chi connectivity index (χ2v) is 5.90. The second kappa shape index (κ2) is 4.65. The van der Waals surface area contributed by atoms with E-state index in [2.05, 4.69) is 38.8 Å². The van der Waals surface area contributed by atoms with E-state index in [1.165, 1.54) is 5.57 Å². The molecular weight excluding hydrogens is 244 g/mol. The van der Waals surface area contributed by atoms with Gasteiger partial charge in [0, 0.05) is 7.05 Å². The molecule has 98 valence electrons. The third-order valence-corrected chi connectivity index (χ3v) is 4.93. The highest BCUT2D eigenvalue weighted by atomic mass is 35.5. The molecule has 0 saturated carbocycles. The minimum atomic E-state index is -0.0130. The molecular formula is C15H21ClN2. The van der Waals surface area contributed by atoms with Gasteiger partial charge >= 0.3 is 0 Å². The molecule has 0 saturated heterocycles. The first-order valence-electron chi connectivity index (χ1n) is 6.59. The average Bonchev–Trinajstić information content (AvgIpc) is 2.37. The Labute approximate surface area is 115 Å². The van der Waals surface area contributed by atoms with Gasteiger partial charge in [-0.3, -0.25) is 9.98 Å². The third kappa shape index (κ3) is 1.97. The van der Waals surface area contributed by atoms with Gasteiger partial charge in [0.05, 0.1) is 22.0 Å². The number of hydrogen-bond donors (Lipinski definition) is 0. The van der Waals surface area contributed by atoms with Crippen LogP contribution in [0, 0.1) is 11.8 Å². The highest BCUT2D eigenvalue weighted by Crippen LogP contribution is 2.42. The zero-order valence-corrected chi connectivity index (χ0v) is 12.5. The molecule has 0 fully saturated rings. The quantitative estimate of drug-likeness (QED) is 0.639. The molecule has 0 aromatic heterocycles. The highest BCUT2D eigenvalue weighted by molar-refractivity contribution is 6.49. The van der Waals surface area contributed by atoms with Crippen molar-refractivity contribution in [1.82, 2.24) is 0 Å². The lowest BCUT2D eigenvalue weighted by molar-refractivity contribution is 0.245. The molecule has 0 aromatic rings. The fourth-order valence-corrected chi connectivity index (χ4v) is 3.03. The lowest BCUT2D eigenvalue weighted by atomic mass is 9.70. The lowest BCUT2D eigenvalue weighted by Crippen LogP contribution is -2.42. The second-order valence-electron chi connectivity index (χ2n) is 5.49. The fourth-order valence-electron chi connectivity index (χ4n) is 2.77. The summed E-state index contributed by atoms with van der Waals surface area (Å²) in [6.07, 6.45) is 5.07. The smallest absolute Gasteiger partial charge is 0.0803 e. The van der Waals surface area contributed by atoms with Crippen molar-refractivity contribution >= 4 is 23.0 Å². The molecule has 18 heavy (non-hydrogen) atoms. The van der Waals surface area contributed by atoms with Crippen LogP contribution in [-0.4, -0.2) is 24.0 Å². The van der Waals surface area contributed by atoms with Crippen LogP contribution in [0.5, 0.6) is 0 Å². The van der Waals surface area contributed by atoms with Crippen molar-refractivity contribution in [2.75, 3.05) is 7.05 Å². The zero-order chi connectivity index (χ0) is 13.5. The standard InChI is InChI=1S/C15H21ClN2/c1-6-15(4)10(3)9(2)12-7-11(17-5)8-13(16)14(12)18-15/h7-10H,6H2,1-5H3. The van der Waals surface area contributed by atoms with E-state index < -0.39 is 0 Å². The summed E-state index contributed by atoms with van der Waals surface area (Å²) in [5, 5.41) is 0.728. The zero-order valence-electron chi connectivity index (χ0n) is 11.8. The summed E-state index contributed by atoms with van der Waals surface area (Å²) >= 11 is 6.37. The molecule has 1 aliphatic carbocycles. The van der Waals surface area contributed by atoms with Crippen LogP contribution in [0.2, 0.25) is 0 Å². The van der Waals surface area contributed by atoms with Gasteiger partial charge in [0.15, 0.2) is 0 Å². The molecule has 3 atom stereocenters. The Bertz CT molecular complexity index is 485. The monoisotopic (exact) mass is 264 g/mol. The Morgan fingerprint density at radius 2 is 2.06 bits per heavy atom. The van der Waals surface area contributed by atoms with Crippen molar-refractivity contribution in [2.45, 2.75) is 39.7 Å². The molecule has 0 N–H and O–H groups in total. The molecule has 1 heterocycles. The van der Waals surface area contributed by atoms with Crippen molar-refractivity contribution in [2.24, 2.45) is 21.8 Å². The number of allylic oxidation sites excluding steroid dienone is 4. The van der Waals surface area contributed by atoms with Crippen LogP contribution in [0.15, 0.2) is 32.7 Å². The van der Waals surface area contributed by atoms with E-state index in [0.29, 0.717) is 11.8 Å². The van der Waals surface area contributed by atoms with Crippen molar-refractivity contribution < 1.29 is 0 Å². The number of nitrogens with zero attached hydrogens (tertiary/aromatic N) is 2. The predicted octanol–water partition coefficient (Wildman–Crippen LogP) is 4.02. The van der Waals surface area contributed by atoms with Gasteiger partial charge in [-0.25, -0.2) is 0 Å². The lowest BCUT2D eigenvalue weighted by Gasteiger charge is -2.42. The third-order valence-electron chi connectivity index (χ3n) is 4.64. The highest BCUT2D eigenvalue weighted by Gasteiger charge is 2.41. The molecule has 0 bridgehead atoms. The first-order valence-corrected chi connectivity index (χ1v) is 6.97. The van der Waals surface area contributed by atoms with Gasteiger partial charge in [-0.1, -0.05) is 32.4 Å². The van der Waals surface area contributed by atoms with Gasteiger partial charge in [0.2, 0.25) is 0 Å². The first kappa shape index (κ1) is 13.5. The summed E-state index contributed by atoms with van der Waals surface area (Å²) in [6, 6.07) is 0. The number of aliphatic imine (C=N–C) groups is 2. The summed E-state index contributed by atoms with van der Waals surface area (Å²) in [5.41, 5.74) is 3.13. The number of hydrogen-bond acceptors (Lipinski definition) is 2. The largest absolute Gasteiger partial charge is 0.289 e. The first-order chi connectivity index (χ1) is 8.42. The van der Waals surface area contributed by atoms with Crippen LogP contribution >= 0.6 is 11.6 Å². The molecule has 0 spiro atoms. The predicted molar refractivity (Wildman–Crippen MR) is 79.8 cm³/mol. The molecule has 1 aliphatic heterocycles. The van der Waals surface area contributed by atoms with E-state index in [1.807, 2.05) is 6.08 Å². The van der Waals surface area contributed by atoms with E-state index in [1.54, 1.807) is 7.05 Å². The summed E-state index contributed by atoms with van der Waals surface area (Å²) in [5.74, 6) is 0.972. The Morgan fingerprint density at radius 1 is 1.39 bits per heavy atom. The van der Waals surface area contributed by atoms with Crippen LogP contribution in [0.4, 0.5) is 0 Å². The normalized spacial score (nSPS) is 37.9. The maximum atomic E-state index is 6.37. The summed E-state index contributed by atoms with van der Waals surface area (Å²) in [7, 11) is 1.79. The van der Waals surface area contributed by atoms with Gasteiger partial charge in [0.25, 0.3) is 0 Å². The molecule has 3 heteroatoms. The maximum Gasteiger partial charge on any atom is 0.0803 e. The van der Waals surface area contributed by atoms with E-state index in [4.69, 9.17) is 16.6 Å². The van der Waals surface area contributed by atoms with Crippen LogP contribution in [0.3, 0.4) is 0 Å². The minimum Gasteiger partial charge on any atom is -0.289 e. The Morgan fingerprint density at radius 3 is 2.61 bits per heavy atom. The Kier molecular flexibility index (Phi) is 3.50. The van der Waals surface area contributed by atoms with Crippen LogP contribution < -0.4 is 0 Å². The van der Waals surface area contributed by atoms with E-state index in [0.717, 1.165) is 22.9 Å². The number of rotatable bonds is 1. The van der Waals surface area contributed by atoms with E-state index >= 15 is 0 Å². The van der Waals surface area contributed by atoms with Gasteiger partial charge < -0.3 is 0 Å². The molecule has 2 rings (SSSR count). The van der Waals surface area contributed by atoms with Gasteiger partial charge in [-0.15, -0.1) is 0 Å². The van der Waals surface area contributed by atoms with E-state index in [-0.39, 0.29) is 5.54 Å². The average molecular weight is 265 g/mol. The molecule has 0 aromatic carbocycles. The van der Waals surface area contributed by atoms with Crippen molar-refractivity contribution in [3.05, 3.63) is 22.8 Å². The van der Waals surface area contributed by atoms with Crippen molar-refractivity contribution in [1.29, 1.82) is 0 Å². The molecule has 2 aliphatic rings. The van der Waals surface area contributed by atoms with Gasteiger partial charge in [-0.05, 0) is 42.9 Å². The molecule has 0 radical (unpaired) electrons. The van der Waals surface area contributed by atoms with Crippen LogP contribution in [-0.2, 0) is 0 Å². The number of fused-ring (bicyclic) bond motifs is 1. The fraction of sp³-hybridized carbons (Fsp3) is 0.600. The van der Waals surface area contributed by atoms with Gasteiger partial charge in [-0.2, -0.15) is 0 Å². The van der Waals surface area contributed by atoms with Crippen molar-refractivity contribution in [3.8, 4) is 0 Å². The summed E-state index contributed by atoms with van der Waals surface area (Å²) in [6.45, 7) is 8.97. The minimum absolute atomic E-state index is 0.0130. The van der Waals surface area contributed by atoms with Gasteiger partial charge in [0.1, 0.15) is 0 Å². The topological polar surface area (TPSA) is 24.7 Å². The number of halogens is 1. The summed E-state index contributed by atoms with van der Waals surface area (Å²) in [4.78, 5) is 9.16. The molecule has 3 unspecified atom stereocenters. The van der Waals surface area contributed by atoms with Crippen molar-refractivity contribution in [3.63, 3.8) is 0 Å². The van der Waals surface area contributed by atoms with E-state index in [9.17, 15) is 0 Å². The summed E-state index contributed by atoms with van der Waals surface area (Å²) < 4.78 is 0. The SMILES string of the molecule is CCC1(C)N=C2C(Cl)=CC(=NC)C=C2C(C)C1C. The van der Waals surface area contributed by atoms with Crippen LogP contribution in [0.1, 0.15) is 34.1 Å². The van der Waals surface area contributed by atoms with Crippen LogP contribution in [0.25, 0.3) is 0 Å².